The van der Waals surface area contributed by atoms with Gasteiger partial charge in [-0.3, -0.25) is 4.90 Å². The number of hydrogen-bond donors (Lipinski definition) is 1. The van der Waals surface area contributed by atoms with Crippen LogP contribution >= 0.6 is 0 Å². The average molecular weight is 349 g/mol. The molecule has 7 heteroatoms. The number of nitrogens with zero attached hydrogens (tertiary/aromatic N) is 6. The smallest absolute Gasteiger partial charge is 0.222 e. The molecule has 0 saturated carbocycles. The zero-order chi connectivity index (χ0) is 17.9. The van der Waals surface area contributed by atoms with Gasteiger partial charge in [0.1, 0.15) is 5.82 Å². The van der Waals surface area contributed by atoms with Crippen molar-refractivity contribution in [3.05, 3.63) is 60.0 Å². The molecule has 0 unspecified atom stereocenters. The van der Waals surface area contributed by atoms with Crippen LogP contribution in [-0.2, 0) is 6.54 Å². The second-order valence-electron chi connectivity index (χ2n) is 6.61. The van der Waals surface area contributed by atoms with Crippen LogP contribution in [0.3, 0.4) is 0 Å². The SMILES string of the molecule is Cc1cc(N2CCN(Cc3ccc(-n4cccn4)cc3)CC2)nc(N)n1. The van der Waals surface area contributed by atoms with Crippen molar-refractivity contribution in [3.63, 3.8) is 0 Å². The molecule has 1 fully saturated rings. The predicted molar refractivity (Wildman–Crippen MR) is 102 cm³/mol. The minimum absolute atomic E-state index is 0.347. The molecule has 4 rings (SSSR count). The van der Waals surface area contributed by atoms with Crippen molar-refractivity contribution in [3.8, 4) is 5.69 Å². The Morgan fingerprint density at radius 2 is 1.81 bits per heavy atom. The normalized spacial score (nSPS) is 15.3. The summed E-state index contributed by atoms with van der Waals surface area (Å²) in [5.74, 6) is 1.28. The molecule has 3 aromatic rings. The first kappa shape index (κ1) is 16.5. The van der Waals surface area contributed by atoms with E-state index in [4.69, 9.17) is 5.73 Å². The van der Waals surface area contributed by atoms with Crippen LogP contribution in [0.4, 0.5) is 11.8 Å². The highest BCUT2D eigenvalue weighted by Gasteiger charge is 2.18. The molecule has 2 aromatic heterocycles. The van der Waals surface area contributed by atoms with Gasteiger partial charge in [0.05, 0.1) is 5.69 Å². The molecule has 0 spiro atoms. The molecule has 2 N–H and O–H groups in total. The molecular weight excluding hydrogens is 326 g/mol. The van der Waals surface area contributed by atoms with Gasteiger partial charge in [0.25, 0.3) is 0 Å². The summed E-state index contributed by atoms with van der Waals surface area (Å²) in [4.78, 5) is 13.3. The van der Waals surface area contributed by atoms with Crippen molar-refractivity contribution in [2.45, 2.75) is 13.5 Å². The summed E-state index contributed by atoms with van der Waals surface area (Å²) in [7, 11) is 0. The lowest BCUT2D eigenvalue weighted by molar-refractivity contribution is 0.249. The molecule has 0 bridgehead atoms. The van der Waals surface area contributed by atoms with E-state index in [1.807, 2.05) is 29.9 Å². The summed E-state index contributed by atoms with van der Waals surface area (Å²) in [5.41, 5.74) is 9.09. The Morgan fingerprint density at radius 1 is 1.04 bits per heavy atom. The minimum atomic E-state index is 0.347. The van der Waals surface area contributed by atoms with Crippen molar-refractivity contribution >= 4 is 11.8 Å². The van der Waals surface area contributed by atoms with E-state index in [1.165, 1.54) is 5.56 Å². The maximum absolute atomic E-state index is 5.78. The van der Waals surface area contributed by atoms with Crippen LogP contribution in [0.25, 0.3) is 5.69 Å². The highest BCUT2D eigenvalue weighted by molar-refractivity contribution is 5.43. The van der Waals surface area contributed by atoms with Crippen LogP contribution in [0, 0.1) is 6.92 Å². The molecule has 1 saturated heterocycles. The fraction of sp³-hybridized carbons (Fsp3) is 0.316. The topological polar surface area (TPSA) is 76.1 Å². The molecule has 134 valence electrons. The quantitative estimate of drug-likeness (QED) is 0.775. The zero-order valence-corrected chi connectivity index (χ0v) is 14.9. The number of aryl methyl sites for hydroxylation is 1. The van der Waals surface area contributed by atoms with E-state index in [1.54, 1.807) is 6.20 Å². The van der Waals surface area contributed by atoms with Crippen LogP contribution in [0.1, 0.15) is 11.3 Å². The van der Waals surface area contributed by atoms with Gasteiger partial charge < -0.3 is 10.6 Å². The number of anilines is 2. The van der Waals surface area contributed by atoms with Crippen molar-refractivity contribution in [1.29, 1.82) is 0 Å². The fourth-order valence-corrected chi connectivity index (χ4v) is 3.31. The third-order valence-corrected chi connectivity index (χ3v) is 4.67. The molecule has 1 aromatic carbocycles. The van der Waals surface area contributed by atoms with Crippen LogP contribution in [0.2, 0.25) is 0 Å². The van der Waals surface area contributed by atoms with E-state index >= 15 is 0 Å². The molecule has 1 aliphatic rings. The van der Waals surface area contributed by atoms with Crippen LogP contribution in [0.15, 0.2) is 48.8 Å². The number of rotatable bonds is 4. The molecule has 0 aliphatic carbocycles. The van der Waals surface area contributed by atoms with Gasteiger partial charge in [0, 0.05) is 56.9 Å². The van der Waals surface area contributed by atoms with Gasteiger partial charge in [0.15, 0.2) is 0 Å². The number of piperazine rings is 1. The molecule has 1 aliphatic heterocycles. The largest absolute Gasteiger partial charge is 0.368 e. The van der Waals surface area contributed by atoms with Gasteiger partial charge >= 0.3 is 0 Å². The molecular formula is C19H23N7. The Bertz CT molecular complexity index is 830. The summed E-state index contributed by atoms with van der Waals surface area (Å²) >= 11 is 0. The van der Waals surface area contributed by atoms with Gasteiger partial charge in [0.2, 0.25) is 5.95 Å². The Kier molecular flexibility index (Phi) is 4.53. The Balaban J connectivity index is 1.35. The van der Waals surface area contributed by atoms with Crippen LogP contribution in [0.5, 0.6) is 0 Å². The summed E-state index contributed by atoms with van der Waals surface area (Å²) in [6, 6.07) is 12.5. The van der Waals surface area contributed by atoms with E-state index in [-0.39, 0.29) is 0 Å². The summed E-state index contributed by atoms with van der Waals surface area (Å²) in [5, 5.41) is 4.26. The zero-order valence-electron chi connectivity index (χ0n) is 14.9. The lowest BCUT2D eigenvalue weighted by Crippen LogP contribution is -2.46. The van der Waals surface area contributed by atoms with E-state index in [9.17, 15) is 0 Å². The average Bonchev–Trinajstić information content (AvgIpc) is 3.17. The fourth-order valence-electron chi connectivity index (χ4n) is 3.31. The van der Waals surface area contributed by atoms with Crippen molar-refractivity contribution in [2.75, 3.05) is 36.8 Å². The van der Waals surface area contributed by atoms with E-state index in [0.717, 1.165) is 49.9 Å². The predicted octanol–water partition coefficient (Wildman–Crippen LogP) is 1.88. The Hall–Kier alpha value is -2.93. The number of benzene rings is 1. The highest BCUT2D eigenvalue weighted by atomic mass is 15.3. The molecule has 0 amide bonds. The highest BCUT2D eigenvalue weighted by Crippen LogP contribution is 2.17. The first-order valence-corrected chi connectivity index (χ1v) is 8.85. The monoisotopic (exact) mass is 349 g/mol. The molecule has 26 heavy (non-hydrogen) atoms. The van der Waals surface area contributed by atoms with Crippen LogP contribution < -0.4 is 10.6 Å². The number of nitrogens with two attached hydrogens (primary N) is 1. The van der Waals surface area contributed by atoms with Crippen molar-refractivity contribution < 1.29 is 0 Å². The molecule has 7 nitrogen and oxygen atoms in total. The Morgan fingerprint density at radius 3 is 2.46 bits per heavy atom. The van der Waals surface area contributed by atoms with Gasteiger partial charge in [-0.1, -0.05) is 12.1 Å². The first-order valence-electron chi connectivity index (χ1n) is 8.85. The van der Waals surface area contributed by atoms with Crippen molar-refractivity contribution in [2.24, 2.45) is 0 Å². The summed E-state index contributed by atoms with van der Waals surface area (Å²) < 4.78 is 1.87. The van der Waals surface area contributed by atoms with E-state index < -0.39 is 0 Å². The standard InChI is InChI=1S/C19H23N7/c1-15-13-18(23-19(20)22-15)25-11-9-24(10-12-25)14-16-3-5-17(6-4-16)26-8-2-7-21-26/h2-8,13H,9-12,14H2,1H3,(H2,20,22,23). The van der Waals surface area contributed by atoms with E-state index in [0.29, 0.717) is 5.95 Å². The maximum atomic E-state index is 5.78. The third-order valence-electron chi connectivity index (χ3n) is 4.67. The molecule has 0 atom stereocenters. The number of hydrogen-bond acceptors (Lipinski definition) is 6. The van der Waals surface area contributed by atoms with Crippen LogP contribution in [-0.4, -0.2) is 50.8 Å². The molecule has 0 radical (unpaired) electrons. The van der Waals surface area contributed by atoms with Gasteiger partial charge in [-0.05, 0) is 30.7 Å². The first-order chi connectivity index (χ1) is 12.7. The lowest BCUT2D eigenvalue weighted by atomic mass is 10.2. The third kappa shape index (κ3) is 3.67. The summed E-state index contributed by atoms with van der Waals surface area (Å²) in [6.45, 7) is 6.80. The lowest BCUT2D eigenvalue weighted by Gasteiger charge is -2.35. The second-order valence-corrected chi connectivity index (χ2v) is 6.61. The molecule has 3 heterocycles. The minimum Gasteiger partial charge on any atom is -0.368 e. The van der Waals surface area contributed by atoms with Crippen molar-refractivity contribution in [1.82, 2.24) is 24.6 Å². The number of aromatic nitrogens is 4. The van der Waals surface area contributed by atoms with Gasteiger partial charge in [-0.25, -0.2) is 9.67 Å². The second kappa shape index (κ2) is 7.13. The Labute approximate surface area is 153 Å². The maximum Gasteiger partial charge on any atom is 0.222 e. The van der Waals surface area contributed by atoms with Gasteiger partial charge in [-0.2, -0.15) is 10.1 Å². The summed E-state index contributed by atoms with van der Waals surface area (Å²) in [6.07, 6.45) is 3.75. The van der Waals surface area contributed by atoms with Gasteiger partial charge in [-0.15, -0.1) is 0 Å². The van der Waals surface area contributed by atoms with E-state index in [2.05, 4.69) is 49.1 Å². The number of nitrogen functional groups attached to an aromatic ring is 1.